The first-order valence-electron chi connectivity index (χ1n) is 8.49. The van der Waals surface area contributed by atoms with Crippen LogP contribution >= 0.6 is 0 Å². The van der Waals surface area contributed by atoms with Gasteiger partial charge in [-0.1, -0.05) is 66.7 Å². The molecule has 0 N–H and O–H groups in total. The summed E-state index contributed by atoms with van der Waals surface area (Å²) in [7, 11) is 3.86. The van der Waals surface area contributed by atoms with Crippen LogP contribution < -0.4 is 10.0 Å². The van der Waals surface area contributed by atoms with Gasteiger partial charge >= 0.3 is 0 Å². The average molecular weight is 342 g/mol. The Morgan fingerprint density at radius 1 is 0.654 bits per heavy atom. The molecule has 26 heavy (non-hydrogen) atoms. The van der Waals surface area contributed by atoms with E-state index in [4.69, 9.17) is 5.10 Å². The molecule has 0 aliphatic heterocycles. The van der Waals surface area contributed by atoms with Crippen LogP contribution in [0.25, 0.3) is 0 Å². The highest BCUT2D eigenvalue weighted by atomic mass is 15.5. The van der Waals surface area contributed by atoms with Gasteiger partial charge in [0.25, 0.3) is 0 Å². The van der Waals surface area contributed by atoms with Crippen LogP contribution in [0, 0.1) is 0 Å². The summed E-state index contributed by atoms with van der Waals surface area (Å²) in [6, 6.07) is 30.1. The minimum Gasteiger partial charge on any atom is -0.269 e. The van der Waals surface area contributed by atoms with Crippen LogP contribution in [0.2, 0.25) is 0 Å². The SMILES string of the molecule is CN(/N=C/C(=N/N(C)c1ccccc1)c1ccccc1)c1ccccc1. The lowest BCUT2D eigenvalue weighted by Crippen LogP contribution is -2.17. The van der Waals surface area contributed by atoms with Crippen molar-refractivity contribution in [2.24, 2.45) is 10.2 Å². The lowest BCUT2D eigenvalue weighted by molar-refractivity contribution is 1.01. The van der Waals surface area contributed by atoms with Crippen LogP contribution in [0.1, 0.15) is 5.56 Å². The van der Waals surface area contributed by atoms with E-state index in [-0.39, 0.29) is 0 Å². The van der Waals surface area contributed by atoms with Crippen LogP contribution in [0.15, 0.2) is 101 Å². The minimum absolute atomic E-state index is 0.791. The predicted octanol–water partition coefficient (Wildman–Crippen LogP) is 4.65. The maximum atomic E-state index is 4.76. The summed E-state index contributed by atoms with van der Waals surface area (Å²) < 4.78 is 0. The number of hydrogen-bond donors (Lipinski definition) is 0. The topological polar surface area (TPSA) is 31.2 Å². The van der Waals surface area contributed by atoms with E-state index in [9.17, 15) is 0 Å². The van der Waals surface area contributed by atoms with Gasteiger partial charge in [0.05, 0.1) is 17.6 Å². The molecular weight excluding hydrogens is 320 g/mol. The lowest BCUT2D eigenvalue weighted by Gasteiger charge is -2.16. The smallest absolute Gasteiger partial charge is 0.111 e. The van der Waals surface area contributed by atoms with Gasteiger partial charge in [0.1, 0.15) is 5.71 Å². The standard InChI is InChI=1S/C22H22N4/c1-25(20-14-8-4-9-15-20)23-18-22(19-12-6-3-7-13-19)24-26(2)21-16-10-5-11-17-21/h3-18H,1-2H3/b23-18+,24-22-. The molecule has 0 bridgehead atoms. The fraction of sp³-hybridized carbons (Fsp3) is 0.0909. The summed E-state index contributed by atoms with van der Waals surface area (Å²) in [6.07, 6.45) is 1.79. The second-order valence-corrected chi connectivity index (χ2v) is 5.81. The minimum atomic E-state index is 0.791. The molecule has 0 aliphatic carbocycles. The Labute approximate surface area is 154 Å². The molecule has 3 aromatic rings. The van der Waals surface area contributed by atoms with Crippen molar-refractivity contribution in [3.63, 3.8) is 0 Å². The molecule has 0 spiro atoms. The number of hydrazone groups is 2. The van der Waals surface area contributed by atoms with E-state index in [1.165, 1.54) is 0 Å². The highest BCUT2D eigenvalue weighted by Crippen LogP contribution is 2.13. The van der Waals surface area contributed by atoms with E-state index in [0.29, 0.717) is 0 Å². The van der Waals surface area contributed by atoms with Crippen molar-refractivity contribution in [2.45, 2.75) is 0 Å². The van der Waals surface area contributed by atoms with Crippen molar-refractivity contribution in [3.8, 4) is 0 Å². The normalized spacial score (nSPS) is 11.5. The quantitative estimate of drug-likeness (QED) is 0.482. The molecule has 3 aromatic carbocycles. The fourth-order valence-electron chi connectivity index (χ4n) is 2.48. The van der Waals surface area contributed by atoms with Gasteiger partial charge in [0.15, 0.2) is 0 Å². The van der Waals surface area contributed by atoms with E-state index in [1.807, 2.05) is 115 Å². The Kier molecular flexibility index (Phi) is 5.78. The van der Waals surface area contributed by atoms with Gasteiger partial charge in [-0.05, 0) is 24.3 Å². The number of rotatable bonds is 6. The van der Waals surface area contributed by atoms with Crippen LogP contribution in [-0.2, 0) is 0 Å². The zero-order chi connectivity index (χ0) is 18.2. The third-order valence-corrected chi connectivity index (χ3v) is 3.94. The molecule has 0 fully saturated rings. The van der Waals surface area contributed by atoms with Crippen LogP contribution in [-0.4, -0.2) is 26.0 Å². The molecule has 0 amide bonds. The Hall–Kier alpha value is -3.40. The predicted molar refractivity (Wildman–Crippen MR) is 111 cm³/mol. The first kappa shape index (κ1) is 17.4. The summed E-state index contributed by atoms with van der Waals surface area (Å²) in [4.78, 5) is 0. The summed E-state index contributed by atoms with van der Waals surface area (Å²) in [5.74, 6) is 0. The second-order valence-electron chi connectivity index (χ2n) is 5.81. The third kappa shape index (κ3) is 4.57. The van der Waals surface area contributed by atoms with Gasteiger partial charge in [-0.2, -0.15) is 10.2 Å². The highest BCUT2D eigenvalue weighted by molar-refractivity contribution is 6.38. The van der Waals surface area contributed by atoms with Gasteiger partial charge in [-0.3, -0.25) is 10.0 Å². The molecule has 4 heteroatoms. The van der Waals surface area contributed by atoms with E-state index >= 15 is 0 Å². The highest BCUT2D eigenvalue weighted by Gasteiger charge is 2.05. The molecule has 3 rings (SSSR count). The Morgan fingerprint density at radius 2 is 1.12 bits per heavy atom. The van der Waals surface area contributed by atoms with Crippen molar-refractivity contribution >= 4 is 23.3 Å². The Morgan fingerprint density at radius 3 is 1.65 bits per heavy atom. The molecule has 0 saturated carbocycles. The average Bonchev–Trinajstić information content (AvgIpc) is 2.72. The van der Waals surface area contributed by atoms with Crippen LogP contribution in [0.3, 0.4) is 0 Å². The van der Waals surface area contributed by atoms with E-state index < -0.39 is 0 Å². The van der Waals surface area contributed by atoms with Crippen LogP contribution in [0.4, 0.5) is 11.4 Å². The van der Waals surface area contributed by atoms with Crippen LogP contribution in [0.5, 0.6) is 0 Å². The maximum Gasteiger partial charge on any atom is 0.111 e. The number of hydrogen-bond acceptors (Lipinski definition) is 4. The van der Waals surface area contributed by atoms with Crippen molar-refractivity contribution < 1.29 is 0 Å². The molecule has 0 aliphatic rings. The molecule has 0 saturated heterocycles. The Balaban J connectivity index is 1.89. The molecule has 130 valence electrons. The van der Waals surface area contributed by atoms with Gasteiger partial charge in [-0.15, -0.1) is 0 Å². The summed E-state index contributed by atoms with van der Waals surface area (Å²) in [5, 5.41) is 13.0. The largest absolute Gasteiger partial charge is 0.269 e. The Bertz CT molecular complexity index is 858. The van der Waals surface area contributed by atoms with Gasteiger partial charge in [0, 0.05) is 19.7 Å². The van der Waals surface area contributed by atoms with Gasteiger partial charge in [0.2, 0.25) is 0 Å². The zero-order valence-corrected chi connectivity index (χ0v) is 15.0. The molecule has 0 aromatic heterocycles. The molecule has 0 atom stereocenters. The summed E-state index contributed by atoms with van der Waals surface area (Å²) in [6.45, 7) is 0. The van der Waals surface area contributed by atoms with E-state index in [0.717, 1.165) is 22.6 Å². The molecule has 0 radical (unpaired) electrons. The van der Waals surface area contributed by atoms with E-state index in [2.05, 4.69) is 5.10 Å². The molecule has 0 unspecified atom stereocenters. The van der Waals surface area contributed by atoms with Crippen molar-refractivity contribution in [3.05, 3.63) is 96.6 Å². The van der Waals surface area contributed by atoms with Crippen molar-refractivity contribution in [1.29, 1.82) is 0 Å². The van der Waals surface area contributed by atoms with E-state index in [1.54, 1.807) is 6.21 Å². The first-order chi connectivity index (χ1) is 12.7. The number of benzene rings is 3. The van der Waals surface area contributed by atoms with Crippen molar-refractivity contribution in [1.82, 2.24) is 0 Å². The number of para-hydroxylation sites is 2. The monoisotopic (exact) mass is 342 g/mol. The third-order valence-electron chi connectivity index (χ3n) is 3.94. The fourth-order valence-corrected chi connectivity index (χ4v) is 2.48. The maximum absolute atomic E-state index is 4.76. The number of nitrogens with zero attached hydrogens (tertiary/aromatic N) is 4. The summed E-state index contributed by atoms with van der Waals surface area (Å²) >= 11 is 0. The molecular formula is C22H22N4. The molecule has 0 heterocycles. The molecule has 4 nitrogen and oxygen atoms in total. The zero-order valence-electron chi connectivity index (χ0n) is 15.0. The number of anilines is 2. The second kappa shape index (κ2) is 8.62. The van der Waals surface area contributed by atoms with Gasteiger partial charge < -0.3 is 0 Å². The lowest BCUT2D eigenvalue weighted by atomic mass is 10.1. The van der Waals surface area contributed by atoms with Crippen molar-refractivity contribution in [2.75, 3.05) is 24.1 Å². The van der Waals surface area contributed by atoms with Gasteiger partial charge in [-0.25, -0.2) is 0 Å². The first-order valence-corrected chi connectivity index (χ1v) is 8.49. The summed E-state index contributed by atoms with van der Waals surface area (Å²) in [5.41, 5.74) is 3.85.